The van der Waals surface area contributed by atoms with E-state index in [2.05, 4.69) is 15.2 Å². The first-order valence-corrected chi connectivity index (χ1v) is 6.31. The summed E-state index contributed by atoms with van der Waals surface area (Å²) in [6, 6.07) is 4.34. The summed E-state index contributed by atoms with van der Waals surface area (Å²) in [4.78, 5) is 11.2. The van der Waals surface area contributed by atoms with Gasteiger partial charge in [-0.05, 0) is 18.2 Å². The third-order valence-electron chi connectivity index (χ3n) is 2.95. The van der Waals surface area contributed by atoms with Crippen molar-refractivity contribution in [3.05, 3.63) is 47.3 Å². The van der Waals surface area contributed by atoms with Gasteiger partial charge in [0.25, 0.3) is 0 Å². The van der Waals surface area contributed by atoms with Crippen LogP contribution in [0.15, 0.2) is 24.4 Å². The number of ether oxygens (including phenoxy) is 1. The van der Waals surface area contributed by atoms with E-state index >= 15 is 0 Å². The minimum absolute atomic E-state index is 0.00363. The molecule has 0 aliphatic carbocycles. The van der Waals surface area contributed by atoms with Crippen LogP contribution in [-0.2, 0) is 18.2 Å². The van der Waals surface area contributed by atoms with Crippen LogP contribution >= 0.6 is 0 Å². The molecule has 0 spiro atoms. The number of hydrogen-bond acceptors (Lipinski definition) is 4. The molecule has 21 heavy (non-hydrogen) atoms. The SMILES string of the molecule is COC(=O)c1ccc(NCCc2ccn(C)n2)c(F)c1F. The lowest BCUT2D eigenvalue weighted by atomic mass is 10.1. The Morgan fingerprint density at radius 3 is 2.71 bits per heavy atom. The first-order chi connectivity index (χ1) is 10.0. The quantitative estimate of drug-likeness (QED) is 0.859. The number of nitrogens with zero attached hydrogens (tertiary/aromatic N) is 2. The molecule has 0 atom stereocenters. The van der Waals surface area contributed by atoms with E-state index in [0.29, 0.717) is 13.0 Å². The number of esters is 1. The minimum atomic E-state index is -1.22. The van der Waals surface area contributed by atoms with Crippen LogP contribution in [0.5, 0.6) is 0 Å². The van der Waals surface area contributed by atoms with Gasteiger partial charge in [-0.3, -0.25) is 4.68 Å². The maximum atomic E-state index is 13.8. The molecule has 0 bridgehead atoms. The summed E-state index contributed by atoms with van der Waals surface area (Å²) in [5, 5.41) is 6.96. The Kier molecular flexibility index (Phi) is 4.52. The van der Waals surface area contributed by atoms with Crippen molar-refractivity contribution in [2.75, 3.05) is 19.0 Å². The summed E-state index contributed by atoms with van der Waals surface area (Å²) < 4.78 is 33.6. The van der Waals surface area contributed by atoms with Crippen LogP contribution in [0.25, 0.3) is 0 Å². The van der Waals surface area contributed by atoms with E-state index < -0.39 is 23.2 Å². The highest BCUT2D eigenvalue weighted by atomic mass is 19.2. The smallest absolute Gasteiger partial charge is 0.340 e. The van der Waals surface area contributed by atoms with E-state index in [0.717, 1.165) is 12.8 Å². The third-order valence-corrected chi connectivity index (χ3v) is 2.95. The monoisotopic (exact) mass is 295 g/mol. The van der Waals surface area contributed by atoms with Crippen molar-refractivity contribution in [1.29, 1.82) is 0 Å². The van der Waals surface area contributed by atoms with E-state index in [1.54, 1.807) is 17.9 Å². The second-order valence-electron chi connectivity index (χ2n) is 4.44. The standard InChI is InChI=1S/C14H15F2N3O2/c1-19-8-6-9(18-19)5-7-17-11-4-3-10(14(20)21-2)12(15)13(11)16/h3-4,6,8,17H,5,7H2,1-2H3. The number of methoxy groups -OCH3 is 1. The number of hydrogen-bond donors (Lipinski definition) is 1. The van der Waals surface area contributed by atoms with Gasteiger partial charge in [-0.25, -0.2) is 13.6 Å². The lowest BCUT2D eigenvalue weighted by Crippen LogP contribution is -2.11. The van der Waals surface area contributed by atoms with E-state index in [1.807, 2.05) is 6.07 Å². The summed E-state index contributed by atoms with van der Waals surface area (Å²) in [6.07, 6.45) is 2.38. The van der Waals surface area contributed by atoms with Gasteiger partial charge in [-0.1, -0.05) is 0 Å². The van der Waals surface area contributed by atoms with Gasteiger partial charge in [0, 0.05) is 26.2 Å². The molecule has 0 saturated carbocycles. The molecule has 1 N–H and O–H groups in total. The van der Waals surface area contributed by atoms with Crippen molar-refractivity contribution in [2.24, 2.45) is 7.05 Å². The van der Waals surface area contributed by atoms with Gasteiger partial charge in [0.2, 0.25) is 0 Å². The highest BCUT2D eigenvalue weighted by Gasteiger charge is 2.18. The van der Waals surface area contributed by atoms with E-state index in [1.165, 1.54) is 12.1 Å². The number of rotatable bonds is 5. The van der Waals surface area contributed by atoms with Crippen LogP contribution in [0.2, 0.25) is 0 Å². The molecular formula is C14H15F2N3O2. The zero-order valence-corrected chi connectivity index (χ0v) is 11.7. The van der Waals surface area contributed by atoms with Crippen LogP contribution < -0.4 is 5.32 Å². The topological polar surface area (TPSA) is 56.1 Å². The fourth-order valence-electron chi connectivity index (χ4n) is 1.88. The average molecular weight is 295 g/mol. The second kappa shape index (κ2) is 6.34. The number of anilines is 1. The largest absolute Gasteiger partial charge is 0.465 e. The fourth-order valence-corrected chi connectivity index (χ4v) is 1.88. The summed E-state index contributed by atoms with van der Waals surface area (Å²) in [5.74, 6) is -3.23. The number of halogens is 2. The molecule has 0 radical (unpaired) electrons. The number of aromatic nitrogens is 2. The molecule has 7 heteroatoms. The minimum Gasteiger partial charge on any atom is -0.465 e. The van der Waals surface area contributed by atoms with Crippen LogP contribution in [0.1, 0.15) is 16.1 Å². The average Bonchev–Trinajstić information content (AvgIpc) is 2.88. The van der Waals surface area contributed by atoms with Gasteiger partial charge in [0.1, 0.15) is 0 Å². The molecule has 0 saturated heterocycles. The molecule has 5 nitrogen and oxygen atoms in total. The molecule has 0 aliphatic heterocycles. The summed E-state index contributed by atoms with van der Waals surface area (Å²) in [5.41, 5.74) is 0.415. The van der Waals surface area contributed by atoms with Crippen LogP contribution in [0.3, 0.4) is 0 Å². The maximum Gasteiger partial charge on any atom is 0.340 e. The Balaban J connectivity index is 2.04. The molecule has 2 rings (SSSR count). The number of nitrogens with one attached hydrogen (secondary N) is 1. The molecule has 0 amide bonds. The van der Waals surface area contributed by atoms with E-state index in [9.17, 15) is 13.6 Å². The Morgan fingerprint density at radius 1 is 1.33 bits per heavy atom. The zero-order valence-electron chi connectivity index (χ0n) is 11.7. The lowest BCUT2D eigenvalue weighted by molar-refractivity contribution is 0.0594. The Labute approximate surface area is 120 Å². The van der Waals surface area contributed by atoms with Crippen molar-refractivity contribution >= 4 is 11.7 Å². The Bertz CT molecular complexity index is 656. The van der Waals surface area contributed by atoms with Gasteiger partial charge in [-0.2, -0.15) is 5.10 Å². The number of carbonyl (C=O) groups excluding carboxylic acids is 1. The molecule has 112 valence electrons. The molecule has 0 fully saturated rings. The van der Waals surface area contributed by atoms with E-state index in [-0.39, 0.29) is 5.69 Å². The number of benzene rings is 1. The van der Waals surface area contributed by atoms with Crippen molar-refractivity contribution < 1.29 is 18.3 Å². The van der Waals surface area contributed by atoms with Crippen LogP contribution in [0, 0.1) is 11.6 Å². The molecule has 1 heterocycles. The zero-order chi connectivity index (χ0) is 15.4. The van der Waals surface area contributed by atoms with Gasteiger partial charge in [0.05, 0.1) is 24.1 Å². The van der Waals surface area contributed by atoms with Crippen molar-refractivity contribution in [3.63, 3.8) is 0 Å². The van der Waals surface area contributed by atoms with E-state index in [4.69, 9.17) is 0 Å². The van der Waals surface area contributed by atoms with Gasteiger partial charge < -0.3 is 10.1 Å². The lowest BCUT2D eigenvalue weighted by Gasteiger charge is -2.09. The maximum absolute atomic E-state index is 13.8. The first-order valence-electron chi connectivity index (χ1n) is 6.31. The van der Waals surface area contributed by atoms with Crippen molar-refractivity contribution in [3.8, 4) is 0 Å². The molecule has 1 aromatic heterocycles. The van der Waals surface area contributed by atoms with Crippen molar-refractivity contribution in [2.45, 2.75) is 6.42 Å². The second-order valence-corrected chi connectivity index (χ2v) is 4.44. The molecule has 1 aromatic carbocycles. The van der Waals surface area contributed by atoms with Gasteiger partial charge in [0.15, 0.2) is 11.6 Å². The highest BCUT2D eigenvalue weighted by molar-refractivity contribution is 5.90. The predicted octanol–water partition coefficient (Wildman–Crippen LogP) is 2.14. The first kappa shape index (κ1) is 15.0. The fraction of sp³-hybridized carbons (Fsp3) is 0.286. The Morgan fingerprint density at radius 2 is 2.10 bits per heavy atom. The molecular weight excluding hydrogens is 280 g/mol. The van der Waals surface area contributed by atoms with Crippen LogP contribution in [-0.4, -0.2) is 29.4 Å². The predicted molar refractivity (Wildman–Crippen MR) is 73.1 cm³/mol. The number of aryl methyl sites for hydroxylation is 1. The Hall–Kier alpha value is -2.44. The molecule has 2 aromatic rings. The summed E-state index contributed by atoms with van der Waals surface area (Å²) in [7, 11) is 2.91. The summed E-state index contributed by atoms with van der Waals surface area (Å²) >= 11 is 0. The normalized spacial score (nSPS) is 10.5. The molecule has 0 aliphatic rings. The summed E-state index contributed by atoms with van der Waals surface area (Å²) in [6.45, 7) is 0.394. The highest BCUT2D eigenvalue weighted by Crippen LogP contribution is 2.21. The van der Waals surface area contributed by atoms with Gasteiger partial charge >= 0.3 is 5.97 Å². The third kappa shape index (κ3) is 3.36. The van der Waals surface area contributed by atoms with Crippen LogP contribution in [0.4, 0.5) is 14.5 Å². The molecule has 0 unspecified atom stereocenters. The number of carbonyl (C=O) groups is 1. The van der Waals surface area contributed by atoms with Gasteiger partial charge in [-0.15, -0.1) is 0 Å². The van der Waals surface area contributed by atoms with Crippen molar-refractivity contribution in [1.82, 2.24) is 9.78 Å².